The minimum atomic E-state index is 0.0223. The maximum Gasteiger partial charge on any atom is 0.264 e. The maximum atomic E-state index is 13.0. The van der Waals surface area contributed by atoms with Crippen molar-refractivity contribution in [2.45, 2.75) is 32.4 Å². The summed E-state index contributed by atoms with van der Waals surface area (Å²) in [5.41, 5.74) is 1.22. The number of hydrogen-bond donors (Lipinski definition) is 0. The molecular formula is C20H23N3O2S. The van der Waals surface area contributed by atoms with E-state index in [2.05, 4.69) is 16.0 Å². The number of ketones is 1. The van der Waals surface area contributed by atoms with Gasteiger partial charge in [-0.3, -0.25) is 19.5 Å². The Balaban J connectivity index is 1.49. The van der Waals surface area contributed by atoms with Gasteiger partial charge < -0.3 is 4.90 Å². The van der Waals surface area contributed by atoms with Crippen LogP contribution >= 0.6 is 11.3 Å². The van der Waals surface area contributed by atoms with E-state index >= 15 is 0 Å². The van der Waals surface area contributed by atoms with Crippen LogP contribution in [0.3, 0.4) is 0 Å². The molecule has 2 aromatic rings. The van der Waals surface area contributed by atoms with E-state index in [9.17, 15) is 9.59 Å². The van der Waals surface area contributed by atoms with E-state index in [1.807, 2.05) is 17.2 Å². The highest BCUT2D eigenvalue weighted by atomic mass is 32.1. The fourth-order valence-electron chi connectivity index (χ4n) is 4.09. The third-order valence-corrected chi connectivity index (χ3v) is 6.52. The summed E-state index contributed by atoms with van der Waals surface area (Å²) >= 11 is 1.32. The fourth-order valence-corrected chi connectivity index (χ4v) is 4.95. The van der Waals surface area contributed by atoms with Gasteiger partial charge in [0.2, 0.25) is 0 Å². The molecule has 0 aromatic carbocycles. The Morgan fingerprint density at radius 2 is 2.00 bits per heavy atom. The van der Waals surface area contributed by atoms with E-state index in [1.54, 1.807) is 25.3 Å². The molecule has 0 spiro atoms. The zero-order valence-electron chi connectivity index (χ0n) is 14.9. The molecule has 26 heavy (non-hydrogen) atoms. The number of nitrogens with zero attached hydrogens (tertiary/aromatic N) is 3. The van der Waals surface area contributed by atoms with Crippen LogP contribution < -0.4 is 0 Å². The van der Waals surface area contributed by atoms with Crippen LogP contribution in [0.5, 0.6) is 0 Å². The Morgan fingerprint density at radius 3 is 2.73 bits per heavy atom. The Kier molecular flexibility index (Phi) is 4.87. The second-order valence-electron chi connectivity index (χ2n) is 7.33. The lowest BCUT2D eigenvalue weighted by Crippen LogP contribution is -2.47. The lowest BCUT2D eigenvalue weighted by molar-refractivity contribution is 0.0590. The molecule has 3 aliphatic heterocycles. The molecule has 0 N–H and O–H groups in total. The van der Waals surface area contributed by atoms with Crippen molar-refractivity contribution in [2.24, 2.45) is 5.92 Å². The largest absolute Gasteiger partial charge is 0.333 e. The molecule has 3 aliphatic rings. The molecule has 0 radical (unpaired) electrons. The first-order chi connectivity index (χ1) is 12.6. The van der Waals surface area contributed by atoms with Crippen molar-refractivity contribution in [3.63, 3.8) is 0 Å². The van der Waals surface area contributed by atoms with Crippen LogP contribution in [-0.2, 0) is 6.54 Å². The van der Waals surface area contributed by atoms with Crippen LogP contribution in [0.25, 0.3) is 0 Å². The molecule has 136 valence electrons. The molecule has 0 aliphatic carbocycles. The molecule has 0 saturated carbocycles. The Morgan fingerprint density at radius 1 is 1.15 bits per heavy atom. The highest BCUT2D eigenvalue weighted by Crippen LogP contribution is 2.31. The van der Waals surface area contributed by atoms with Crippen molar-refractivity contribution < 1.29 is 9.59 Å². The summed E-state index contributed by atoms with van der Waals surface area (Å²) in [7, 11) is 0. The molecule has 3 saturated heterocycles. The number of pyridine rings is 1. The van der Waals surface area contributed by atoms with Crippen molar-refractivity contribution >= 4 is 23.0 Å². The quantitative estimate of drug-likeness (QED) is 0.777. The number of rotatable bonds is 4. The van der Waals surface area contributed by atoms with E-state index in [1.165, 1.54) is 23.3 Å². The smallest absolute Gasteiger partial charge is 0.264 e. The number of carbonyl (C=O) groups excluding carboxylic acids is 2. The standard InChI is InChI=1S/C20H23N3O2S/c1-14(24)18-6-7-19(26-18)20(25)23-12-16-4-5-17(23)13-22(11-16)10-15-3-2-8-21-9-15/h2-3,6-9,16-17H,4-5,10-13H2,1H3/t16-,17+/m0/s1. The molecule has 2 bridgehead atoms. The molecule has 0 unspecified atom stereocenters. The van der Waals surface area contributed by atoms with Gasteiger partial charge in [-0.2, -0.15) is 0 Å². The number of aromatic nitrogens is 1. The Hall–Kier alpha value is -2.05. The third kappa shape index (κ3) is 3.57. The van der Waals surface area contributed by atoms with Gasteiger partial charge in [0.05, 0.1) is 9.75 Å². The van der Waals surface area contributed by atoms with Gasteiger partial charge >= 0.3 is 0 Å². The van der Waals surface area contributed by atoms with Gasteiger partial charge in [-0.05, 0) is 49.4 Å². The minimum Gasteiger partial charge on any atom is -0.333 e. The summed E-state index contributed by atoms with van der Waals surface area (Å²) in [6.07, 6.45) is 5.96. The third-order valence-electron chi connectivity index (χ3n) is 5.34. The predicted octanol–water partition coefficient (Wildman–Crippen LogP) is 3.08. The van der Waals surface area contributed by atoms with Crippen LogP contribution in [0.4, 0.5) is 0 Å². The van der Waals surface area contributed by atoms with Crippen LogP contribution in [-0.4, -0.2) is 52.2 Å². The fraction of sp³-hybridized carbons (Fsp3) is 0.450. The van der Waals surface area contributed by atoms with Crippen molar-refractivity contribution in [1.29, 1.82) is 0 Å². The van der Waals surface area contributed by atoms with E-state index in [4.69, 9.17) is 0 Å². The van der Waals surface area contributed by atoms with Crippen molar-refractivity contribution in [1.82, 2.24) is 14.8 Å². The first kappa shape index (κ1) is 17.4. The van der Waals surface area contributed by atoms with Gasteiger partial charge in [0.15, 0.2) is 5.78 Å². The van der Waals surface area contributed by atoms with Crippen LogP contribution in [0.15, 0.2) is 36.7 Å². The van der Waals surface area contributed by atoms with Gasteiger partial charge in [0.1, 0.15) is 0 Å². The van der Waals surface area contributed by atoms with Gasteiger partial charge in [-0.15, -0.1) is 11.3 Å². The number of carbonyl (C=O) groups is 2. The molecule has 2 aromatic heterocycles. The van der Waals surface area contributed by atoms with E-state index in [-0.39, 0.29) is 17.7 Å². The number of fused-ring (bicyclic) bond motifs is 4. The van der Waals surface area contributed by atoms with E-state index < -0.39 is 0 Å². The van der Waals surface area contributed by atoms with Crippen LogP contribution in [0, 0.1) is 5.92 Å². The molecule has 5 heterocycles. The summed E-state index contributed by atoms with van der Waals surface area (Å²) in [4.78, 5) is 34.6. The maximum absolute atomic E-state index is 13.0. The minimum absolute atomic E-state index is 0.0223. The van der Waals surface area contributed by atoms with Crippen LogP contribution in [0.1, 0.15) is 44.7 Å². The summed E-state index contributed by atoms with van der Waals surface area (Å²) in [6, 6.07) is 7.90. The molecule has 6 heteroatoms. The zero-order chi connectivity index (χ0) is 18.1. The number of Topliss-reactive ketones (excluding diaryl/α,β-unsaturated/α-hetero) is 1. The van der Waals surface area contributed by atoms with Crippen LogP contribution in [0.2, 0.25) is 0 Å². The highest BCUT2D eigenvalue weighted by molar-refractivity contribution is 7.15. The van der Waals surface area contributed by atoms with Gasteiger partial charge in [0.25, 0.3) is 5.91 Å². The summed E-state index contributed by atoms with van der Waals surface area (Å²) in [6.45, 7) is 5.18. The van der Waals surface area contributed by atoms with Crippen molar-refractivity contribution in [3.8, 4) is 0 Å². The molecule has 5 rings (SSSR count). The molecule has 5 nitrogen and oxygen atoms in total. The topological polar surface area (TPSA) is 53.5 Å². The molecule has 1 amide bonds. The summed E-state index contributed by atoms with van der Waals surface area (Å²) < 4.78 is 0. The monoisotopic (exact) mass is 369 g/mol. The Bertz CT molecular complexity index is 804. The van der Waals surface area contributed by atoms with E-state index in [0.29, 0.717) is 15.7 Å². The summed E-state index contributed by atoms with van der Waals surface area (Å²) in [5.74, 6) is 0.621. The van der Waals surface area contributed by atoms with Crippen molar-refractivity contribution in [2.75, 3.05) is 19.6 Å². The van der Waals surface area contributed by atoms with E-state index in [0.717, 1.165) is 32.6 Å². The summed E-state index contributed by atoms with van der Waals surface area (Å²) in [5, 5.41) is 0. The predicted molar refractivity (Wildman–Crippen MR) is 101 cm³/mol. The lowest BCUT2D eigenvalue weighted by atomic mass is 9.95. The molecule has 2 atom stereocenters. The Labute approximate surface area is 157 Å². The molecular weight excluding hydrogens is 346 g/mol. The second-order valence-corrected chi connectivity index (χ2v) is 8.41. The lowest BCUT2D eigenvalue weighted by Gasteiger charge is -2.36. The molecule has 3 fully saturated rings. The normalized spacial score (nSPS) is 23.0. The highest BCUT2D eigenvalue weighted by Gasteiger charge is 2.37. The number of amides is 1. The average Bonchev–Trinajstić information content (AvgIpc) is 2.98. The number of piperidine rings is 1. The second kappa shape index (κ2) is 7.29. The SMILES string of the molecule is CC(=O)c1ccc(C(=O)N2C[C@H]3CC[C@@H]2CN(Cc2cccnc2)C3)s1. The van der Waals surface area contributed by atoms with Gasteiger partial charge in [-0.25, -0.2) is 0 Å². The van der Waals surface area contributed by atoms with Gasteiger partial charge in [-0.1, -0.05) is 6.07 Å². The first-order valence-corrected chi connectivity index (χ1v) is 9.95. The van der Waals surface area contributed by atoms with Gasteiger partial charge in [0, 0.05) is 44.6 Å². The number of thiophene rings is 1. The number of hydrogen-bond acceptors (Lipinski definition) is 5. The average molecular weight is 369 g/mol. The first-order valence-electron chi connectivity index (χ1n) is 9.13. The zero-order valence-corrected chi connectivity index (χ0v) is 15.7. The van der Waals surface area contributed by atoms with Crippen molar-refractivity contribution in [3.05, 3.63) is 52.0 Å².